The normalized spacial score (nSPS) is 16.8. The van der Waals surface area contributed by atoms with E-state index in [0.29, 0.717) is 12.0 Å². The Balaban J connectivity index is 1.50. The van der Waals surface area contributed by atoms with Crippen LogP contribution in [0.1, 0.15) is 58.4 Å². The van der Waals surface area contributed by atoms with Crippen LogP contribution < -0.4 is 5.32 Å². The van der Waals surface area contributed by atoms with Gasteiger partial charge in [0.2, 0.25) is 0 Å². The monoisotopic (exact) mass is 592 g/mol. The lowest BCUT2D eigenvalue weighted by molar-refractivity contribution is 0.0850. The number of aliphatic hydroxyl groups excluding tert-OH is 1. The van der Waals surface area contributed by atoms with Crippen LogP contribution in [0, 0.1) is 6.92 Å². The van der Waals surface area contributed by atoms with Crippen LogP contribution in [0.15, 0.2) is 128 Å². The third-order valence-corrected chi connectivity index (χ3v) is 8.99. The van der Waals surface area contributed by atoms with E-state index in [4.69, 9.17) is 5.10 Å². The molecule has 2 aromatic heterocycles. The predicted molar refractivity (Wildman–Crippen MR) is 178 cm³/mol. The molecule has 1 fully saturated rings. The maximum absolute atomic E-state index is 13.6. The molecule has 2 heterocycles. The summed E-state index contributed by atoms with van der Waals surface area (Å²) in [6.45, 7) is 1.97. The summed E-state index contributed by atoms with van der Waals surface area (Å²) in [7, 11) is 0. The number of amides is 1. The topological polar surface area (TPSA) is 80.0 Å². The largest absolute Gasteiger partial charge is 0.393 e. The third-order valence-electron chi connectivity index (χ3n) is 8.99. The number of aliphatic hydroxyl groups is 1. The van der Waals surface area contributed by atoms with E-state index in [9.17, 15) is 9.90 Å². The lowest BCUT2D eigenvalue weighted by Gasteiger charge is -2.37. The van der Waals surface area contributed by atoms with E-state index in [-0.39, 0.29) is 18.1 Å². The first-order valence-corrected chi connectivity index (χ1v) is 15.7. The predicted octanol–water partition coefficient (Wildman–Crippen LogP) is 7.28. The van der Waals surface area contributed by atoms with Crippen molar-refractivity contribution >= 4 is 16.8 Å². The average molecular weight is 593 g/mol. The van der Waals surface area contributed by atoms with Crippen LogP contribution in [0.3, 0.4) is 0 Å². The molecule has 1 saturated carbocycles. The van der Waals surface area contributed by atoms with Crippen LogP contribution in [0.4, 0.5) is 0 Å². The molecule has 0 radical (unpaired) electrons. The Morgan fingerprint density at radius 2 is 1.44 bits per heavy atom. The van der Waals surface area contributed by atoms with Gasteiger partial charge in [0.25, 0.3) is 5.91 Å². The van der Waals surface area contributed by atoms with Gasteiger partial charge in [0.05, 0.1) is 11.6 Å². The molecule has 1 amide bonds. The van der Waals surface area contributed by atoms with Crippen LogP contribution >= 0.6 is 0 Å². The van der Waals surface area contributed by atoms with Gasteiger partial charge in [0.1, 0.15) is 11.2 Å². The Morgan fingerprint density at radius 3 is 2.02 bits per heavy atom. The van der Waals surface area contributed by atoms with Crippen molar-refractivity contribution in [2.24, 2.45) is 0 Å². The molecule has 2 atom stereocenters. The maximum atomic E-state index is 13.6. The van der Waals surface area contributed by atoms with Gasteiger partial charge in [-0.25, -0.2) is 4.68 Å². The molecule has 0 spiro atoms. The lowest BCUT2D eigenvalue weighted by Crippen LogP contribution is -2.39. The van der Waals surface area contributed by atoms with Crippen molar-refractivity contribution in [3.05, 3.63) is 155 Å². The smallest absolute Gasteiger partial charge is 0.251 e. The number of hydrogen-bond acceptors (Lipinski definition) is 4. The number of nitrogens with one attached hydrogen (secondary N) is 1. The van der Waals surface area contributed by atoms with Gasteiger partial charge in [-0.3, -0.25) is 9.78 Å². The molecule has 2 N–H and O–H groups in total. The average Bonchev–Trinajstić information content (AvgIpc) is 3.46. The van der Waals surface area contributed by atoms with Gasteiger partial charge in [-0.05, 0) is 79.6 Å². The molecule has 1 aliphatic carbocycles. The number of fused-ring (bicyclic) bond motifs is 1. The van der Waals surface area contributed by atoms with E-state index in [1.54, 1.807) is 6.20 Å². The molecule has 45 heavy (non-hydrogen) atoms. The van der Waals surface area contributed by atoms with Gasteiger partial charge in [-0.15, -0.1) is 0 Å². The van der Waals surface area contributed by atoms with Crippen molar-refractivity contribution in [2.45, 2.75) is 50.3 Å². The third kappa shape index (κ3) is 5.32. The SMILES string of the molecule is Cc1cc(-c2nn(C(c3ccccc3)(c3ccccc3)c3ccccc3)c3ccc(C(=O)NC4CCCC(O)C4)cc23)ccn1. The van der Waals surface area contributed by atoms with Gasteiger partial charge < -0.3 is 10.4 Å². The molecule has 6 nitrogen and oxygen atoms in total. The van der Waals surface area contributed by atoms with Crippen LogP contribution in [-0.4, -0.2) is 37.9 Å². The summed E-state index contributed by atoms with van der Waals surface area (Å²) < 4.78 is 2.13. The first-order valence-electron chi connectivity index (χ1n) is 15.7. The van der Waals surface area contributed by atoms with Crippen molar-refractivity contribution in [1.29, 1.82) is 0 Å². The number of pyridine rings is 1. The molecule has 6 aromatic rings. The molecule has 0 saturated heterocycles. The van der Waals surface area contributed by atoms with Crippen molar-refractivity contribution < 1.29 is 9.90 Å². The van der Waals surface area contributed by atoms with E-state index in [1.165, 1.54) is 0 Å². The molecule has 7 rings (SSSR count). The van der Waals surface area contributed by atoms with Gasteiger partial charge in [0, 0.05) is 34.4 Å². The quantitative estimate of drug-likeness (QED) is 0.191. The molecule has 2 unspecified atom stereocenters. The van der Waals surface area contributed by atoms with Crippen molar-refractivity contribution in [1.82, 2.24) is 20.1 Å². The molecule has 6 heteroatoms. The molecular weight excluding hydrogens is 556 g/mol. The number of aryl methyl sites for hydroxylation is 1. The molecule has 1 aliphatic rings. The summed E-state index contributed by atoms with van der Waals surface area (Å²) in [6.07, 6.45) is 4.59. The molecular formula is C39H36N4O2. The molecule has 0 bridgehead atoms. The summed E-state index contributed by atoms with van der Waals surface area (Å²) in [5.74, 6) is -0.138. The van der Waals surface area contributed by atoms with Crippen LogP contribution in [-0.2, 0) is 5.54 Å². The van der Waals surface area contributed by atoms with Crippen molar-refractivity contribution in [2.75, 3.05) is 0 Å². The second-order valence-electron chi connectivity index (χ2n) is 12.0. The summed E-state index contributed by atoms with van der Waals surface area (Å²) in [4.78, 5) is 18.0. The lowest BCUT2D eigenvalue weighted by atomic mass is 9.77. The fraction of sp³-hybridized carbons (Fsp3) is 0.205. The highest BCUT2D eigenvalue weighted by molar-refractivity contribution is 6.02. The van der Waals surface area contributed by atoms with E-state index < -0.39 is 5.54 Å². The minimum absolute atomic E-state index is 0.0381. The Labute approximate surface area is 263 Å². The zero-order chi connectivity index (χ0) is 30.8. The molecule has 224 valence electrons. The summed E-state index contributed by atoms with van der Waals surface area (Å²) in [5.41, 5.74) is 6.48. The summed E-state index contributed by atoms with van der Waals surface area (Å²) in [6, 6.07) is 41.3. The number of carbonyl (C=O) groups is 1. The number of rotatable bonds is 7. The number of aromatic nitrogens is 3. The first kappa shape index (κ1) is 28.7. The first-order chi connectivity index (χ1) is 22.0. The number of benzene rings is 4. The van der Waals surface area contributed by atoms with Crippen LogP contribution in [0.25, 0.3) is 22.2 Å². The van der Waals surface area contributed by atoms with Crippen LogP contribution in [0.2, 0.25) is 0 Å². The Morgan fingerprint density at radius 1 is 0.822 bits per heavy atom. The number of carbonyl (C=O) groups excluding carboxylic acids is 1. The van der Waals surface area contributed by atoms with Gasteiger partial charge in [-0.2, -0.15) is 5.10 Å². The van der Waals surface area contributed by atoms with Gasteiger partial charge in [0.15, 0.2) is 0 Å². The fourth-order valence-corrected chi connectivity index (χ4v) is 6.89. The van der Waals surface area contributed by atoms with Gasteiger partial charge in [-0.1, -0.05) is 91.0 Å². The number of hydrogen-bond donors (Lipinski definition) is 2. The van der Waals surface area contributed by atoms with Gasteiger partial charge >= 0.3 is 0 Å². The highest BCUT2D eigenvalue weighted by atomic mass is 16.3. The number of nitrogens with zero attached hydrogens (tertiary/aromatic N) is 3. The standard InChI is InChI=1S/C39H36N4O2/c1-27-24-28(22-23-40-27)37-35-25-29(38(45)41-33-18-11-19-34(44)26-33)20-21-36(35)43(42-37)39(30-12-5-2-6-13-30,31-14-7-3-8-15-31)32-16-9-4-10-17-32/h2-10,12-17,20-25,33-34,44H,11,18-19,26H2,1H3,(H,41,45). The van der Waals surface area contributed by atoms with E-state index in [0.717, 1.165) is 63.8 Å². The second-order valence-corrected chi connectivity index (χ2v) is 12.0. The fourth-order valence-electron chi connectivity index (χ4n) is 6.89. The zero-order valence-electron chi connectivity index (χ0n) is 25.3. The minimum Gasteiger partial charge on any atom is -0.393 e. The van der Waals surface area contributed by atoms with Crippen LogP contribution in [0.5, 0.6) is 0 Å². The minimum atomic E-state index is -0.815. The Kier molecular flexibility index (Phi) is 7.74. The summed E-state index contributed by atoms with van der Waals surface area (Å²) in [5, 5.41) is 19.7. The van der Waals surface area contributed by atoms with E-state index >= 15 is 0 Å². The van der Waals surface area contributed by atoms with Crippen molar-refractivity contribution in [3.8, 4) is 11.3 Å². The zero-order valence-corrected chi connectivity index (χ0v) is 25.3. The van der Waals surface area contributed by atoms with E-state index in [1.807, 2.05) is 55.5 Å². The van der Waals surface area contributed by atoms with Crippen molar-refractivity contribution in [3.63, 3.8) is 0 Å². The highest BCUT2D eigenvalue weighted by Crippen LogP contribution is 2.44. The molecule has 0 aliphatic heterocycles. The Bertz CT molecular complexity index is 1840. The maximum Gasteiger partial charge on any atom is 0.251 e. The van der Waals surface area contributed by atoms with E-state index in [2.05, 4.69) is 87.8 Å². The second kappa shape index (κ2) is 12.1. The Hall–Kier alpha value is -5.07. The summed E-state index contributed by atoms with van der Waals surface area (Å²) >= 11 is 0. The highest BCUT2D eigenvalue weighted by Gasteiger charge is 2.41. The molecule has 4 aromatic carbocycles.